The molecule has 0 unspecified atom stereocenters. The summed E-state index contributed by atoms with van der Waals surface area (Å²) in [6, 6.07) is 11.6. The lowest BCUT2D eigenvalue weighted by atomic mass is 10.1. The second-order valence-corrected chi connectivity index (χ2v) is 4.70. The minimum Gasteiger partial charge on any atom is -0.474 e. The smallest absolute Gasteiger partial charge is 0.215 e. The molecule has 0 saturated carbocycles. The summed E-state index contributed by atoms with van der Waals surface area (Å²) in [4.78, 5) is 4.48. The maximum absolute atomic E-state index is 9.22. The maximum atomic E-state index is 9.22. The molecule has 3 rings (SSSR count). The van der Waals surface area contributed by atoms with Gasteiger partial charge < -0.3 is 10.1 Å². The van der Waals surface area contributed by atoms with E-state index in [9.17, 15) is 5.26 Å². The molecule has 1 aromatic heterocycles. The van der Waals surface area contributed by atoms with Gasteiger partial charge in [0.2, 0.25) is 5.88 Å². The van der Waals surface area contributed by atoms with Crippen LogP contribution in [0.4, 0.5) is 0 Å². The average Bonchev–Trinajstić information content (AvgIpc) is 2.47. The summed E-state index contributed by atoms with van der Waals surface area (Å²) >= 11 is 0. The number of nitrogens with one attached hydrogen (secondary N) is 1. The molecule has 96 valence electrons. The van der Waals surface area contributed by atoms with Crippen molar-refractivity contribution in [2.24, 2.45) is 0 Å². The maximum Gasteiger partial charge on any atom is 0.215 e. The lowest BCUT2D eigenvalue weighted by Gasteiger charge is -2.23. The molecule has 4 nitrogen and oxygen atoms in total. The van der Waals surface area contributed by atoms with Crippen LogP contribution in [0.15, 0.2) is 30.3 Å². The molecule has 0 amide bonds. The SMILES string of the molecule is N#Cc1cc(OC2CCNCC2)nc2ccccc12. The third kappa shape index (κ3) is 2.51. The molecule has 1 aliphatic rings. The number of ether oxygens (including phenoxy) is 1. The summed E-state index contributed by atoms with van der Waals surface area (Å²) in [5, 5.41) is 13.4. The number of benzene rings is 1. The monoisotopic (exact) mass is 253 g/mol. The number of nitrogens with zero attached hydrogens (tertiary/aromatic N) is 2. The molecule has 1 aliphatic heterocycles. The fourth-order valence-corrected chi connectivity index (χ4v) is 2.39. The third-order valence-corrected chi connectivity index (χ3v) is 3.39. The predicted octanol–water partition coefficient (Wildman–Crippen LogP) is 2.24. The molecule has 19 heavy (non-hydrogen) atoms. The van der Waals surface area contributed by atoms with Gasteiger partial charge in [0.1, 0.15) is 12.2 Å². The van der Waals surface area contributed by atoms with Crippen molar-refractivity contribution in [3.8, 4) is 11.9 Å². The molecule has 2 aromatic rings. The molecule has 0 aliphatic carbocycles. The van der Waals surface area contributed by atoms with Gasteiger partial charge in [-0.1, -0.05) is 18.2 Å². The summed E-state index contributed by atoms with van der Waals surface area (Å²) in [5.41, 5.74) is 1.43. The first-order valence-corrected chi connectivity index (χ1v) is 6.54. The first-order valence-electron chi connectivity index (χ1n) is 6.54. The zero-order valence-corrected chi connectivity index (χ0v) is 10.6. The van der Waals surface area contributed by atoms with Gasteiger partial charge in [-0.3, -0.25) is 0 Å². The van der Waals surface area contributed by atoms with Gasteiger partial charge >= 0.3 is 0 Å². The number of aromatic nitrogens is 1. The Bertz CT molecular complexity index is 627. The predicted molar refractivity (Wildman–Crippen MR) is 73.0 cm³/mol. The van der Waals surface area contributed by atoms with Crippen molar-refractivity contribution >= 4 is 10.9 Å². The van der Waals surface area contributed by atoms with Crippen LogP contribution in [0, 0.1) is 11.3 Å². The van der Waals surface area contributed by atoms with E-state index in [1.165, 1.54) is 0 Å². The lowest BCUT2D eigenvalue weighted by Crippen LogP contribution is -2.34. The molecule has 0 bridgehead atoms. The highest BCUT2D eigenvalue weighted by molar-refractivity contribution is 5.85. The molecule has 1 fully saturated rings. The molecule has 0 atom stereocenters. The van der Waals surface area contributed by atoms with Crippen LogP contribution in [0.2, 0.25) is 0 Å². The van der Waals surface area contributed by atoms with Crippen LogP contribution in [-0.2, 0) is 0 Å². The Hall–Kier alpha value is -2.12. The van der Waals surface area contributed by atoms with E-state index in [4.69, 9.17) is 4.74 Å². The summed E-state index contributed by atoms with van der Waals surface area (Å²) in [6.45, 7) is 1.95. The van der Waals surface area contributed by atoms with Crippen molar-refractivity contribution in [2.75, 3.05) is 13.1 Å². The minimum absolute atomic E-state index is 0.196. The number of para-hydroxylation sites is 1. The molecule has 1 aromatic carbocycles. The van der Waals surface area contributed by atoms with Crippen LogP contribution in [0.25, 0.3) is 10.9 Å². The van der Waals surface area contributed by atoms with Crippen molar-refractivity contribution in [1.29, 1.82) is 5.26 Å². The van der Waals surface area contributed by atoms with Crippen molar-refractivity contribution < 1.29 is 4.74 Å². The Balaban J connectivity index is 1.93. The van der Waals surface area contributed by atoms with Crippen molar-refractivity contribution in [2.45, 2.75) is 18.9 Å². The van der Waals surface area contributed by atoms with E-state index in [1.807, 2.05) is 24.3 Å². The topological polar surface area (TPSA) is 57.9 Å². The summed E-state index contributed by atoms with van der Waals surface area (Å²) in [6.07, 6.45) is 2.16. The Morgan fingerprint density at radius 1 is 1.26 bits per heavy atom. The Kier molecular flexibility index (Phi) is 3.30. The van der Waals surface area contributed by atoms with Crippen LogP contribution in [0.1, 0.15) is 18.4 Å². The van der Waals surface area contributed by atoms with Crippen LogP contribution >= 0.6 is 0 Å². The lowest BCUT2D eigenvalue weighted by molar-refractivity contribution is 0.156. The van der Waals surface area contributed by atoms with Gasteiger partial charge in [0.25, 0.3) is 0 Å². The largest absolute Gasteiger partial charge is 0.474 e. The van der Waals surface area contributed by atoms with Crippen molar-refractivity contribution in [3.63, 3.8) is 0 Å². The normalized spacial score (nSPS) is 16.2. The van der Waals surface area contributed by atoms with Gasteiger partial charge in [-0.2, -0.15) is 5.26 Å². The average molecular weight is 253 g/mol. The van der Waals surface area contributed by atoms with Gasteiger partial charge in [0.05, 0.1) is 11.1 Å². The van der Waals surface area contributed by atoms with Gasteiger partial charge in [-0.25, -0.2) is 4.98 Å². The number of piperidine rings is 1. The zero-order chi connectivity index (χ0) is 13.1. The summed E-state index contributed by atoms with van der Waals surface area (Å²) < 4.78 is 5.90. The molecular weight excluding hydrogens is 238 g/mol. The Morgan fingerprint density at radius 2 is 2.05 bits per heavy atom. The van der Waals surface area contributed by atoms with E-state index in [1.54, 1.807) is 6.07 Å². The third-order valence-electron chi connectivity index (χ3n) is 3.39. The quantitative estimate of drug-likeness (QED) is 0.891. The number of hydrogen-bond donors (Lipinski definition) is 1. The highest BCUT2D eigenvalue weighted by Crippen LogP contribution is 2.23. The fraction of sp³-hybridized carbons (Fsp3) is 0.333. The standard InChI is InChI=1S/C15H15N3O/c16-10-11-9-15(19-12-5-7-17-8-6-12)18-14-4-2-1-3-13(11)14/h1-4,9,12,17H,5-8H2. The van der Waals surface area contributed by atoms with Crippen LogP contribution in [0.5, 0.6) is 5.88 Å². The van der Waals surface area contributed by atoms with E-state index in [0.717, 1.165) is 36.8 Å². The van der Waals surface area contributed by atoms with Crippen LogP contribution in [-0.4, -0.2) is 24.2 Å². The van der Waals surface area contributed by atoms with Crippen LogP contribution in [0.3, 0.4) is 0 Å². The zero-order valence-electron chi connectivity index (χ0n) is 10.6. The van der Waals surface area contributed by atoms with Gasteiger partial charge in [-0.15, -0.1) is 0 Å². The molecule has 1 saturated heterocycles. The number of nitriles is 1. The van der Waals surface area contributed by atoms with Crippen molar-refractivity contribution in [3.05, 3.63) is 35.9 Å². The van der Waals surface area contributed by atoms with E-state index < -0.39 is 0 Å². The van der Waals surface area contributed by atoms with E-state index in [0.29, 0.717) is 11.4 Å². The first-order chi connectivity index (χ1) is 9.36. The van der Waals surface area contributed by atoms with Crippen molar-refractivity contribution in [1.82, 2.24) is 10.3 Å². The second-order valence-electron chi connectivity index (χ2n) is 4.70. The van der Waals surface area contributed by atoms with Gasteiger partial charge in [-0.05, 0) is 32.0 Å². The summed E-state index contributed by atoms with van der Waals surface area (Å²) in [7, 11) is 0. The molecule has 2 heterocycles. The highest BCUT2D eigenvalue weighted by atomic mass is 16.5. The Labute approximate surface area is 112 Å². The van der Waals surface area contributed by atoms with Crippen LogP contribution < -0.4 is 10.1 Å². The number of rotatable bonds is 2. The highest BCUT2D eigenvalue weighted by Gasteiger charge is 2.16. The number of pyridine rings is 1. The van der Waals surface area contributed by atoms with E-state index >= 15 is 0 Å². The fourth-order valence-electron chi connectivity index (χ4n) is 2.39. The molecule has 0 spiro atoms. The molecular formula is C15H15N3O. The number of fused-ring (bicyclic) bond motifs is 1. The van der Waals surface area contributed by atoms with E-state index in [2.05, 4.69) is 16.4 Å². The summed E-state index contributed by atoms with van der Waals surface area (Å²) in [5.74, 6) is 0.558. The van der Waals surface area contributed by atoms with Gasteiger partial charge in [0.15, 0.2) is 0 Å². The second kappa shape index (κ2) is 5.25. The molecule has 0 radical (unpaired) electrons. The van der Waals surface area contributed by atoms with Gasteiger partial charge in [0, 0.05) is 11.5 Å². The number of hydrogen-bond acceptors (Lipinski definition) is 4. The molecule has 4 heteroatoms. The van der Waals surface area contributed by atoms with E-state index in [-0.39, 0.29) is 6.10 Å². The first kappa shape index (κ1) is 11.9. The Morgan fingerprint density at radius 3 is 2.84 bits per heavy atom. The molecule has 1 N–H and O–H groups in total. The minimum atomic E-state index is 0.196.